The molecule has 0 atom stereocenters. The van der Waals surface area contributed by atoms with Gasteiger partial charge in [0.1, 0.15) is 0 Å². The number of piperidine rings is 1. The van der Waals surface area contributed by atoms with Crippen LogP contribution in [0.3, 0.4) is 0 Å². The molecule has 0 aromatic heterocycles. The van der Waals surface area contributed by atoms with Crippen molar-refractivity contribution in [3.05, 3.63) is 30.3 Å². The normalized spacial score (nSPS) is 20.7. The van der Waals surface area contributed by atoms with Crippen molar-refractivity contribution in [2.75, 3.05) is 19.6 Å². The van der Waals surface area contributed by atoms with Crippen LogP contribution in [-0.4, -0.2) is 49.2 Å². The van der Waals surface area contributed by atoms with Crippen molar-refractivity contribution < 1.29 is 13.2 Å². The highest BCUT2D eigenvalue weighted by atomic mass is 32.2. The third-order valence-corrected chi connectivity index (χ3v) is 7.49. The summed E-state index contributed by atoms with van der Waals surface area (Å²) in [5.41, 5.74) is 0. The van der Waals surface area contributed by atoms with Crippen LogP contribution >= 0.6 is 0 Å². The van der Waals surface area contributed by atoms with Crippen molar-refractivity contribution in [2.24, 2.45) is 5.92 Å². The lowest BCUT2D eigenvalue weighted by Crippen LogP contribution is -2.47. The molecule has 0 spiro atoms. The fraction of sp³-hybridized carbons (Fsp3) is 0.632. The number of hydrogen-bond donors (Lipinski definition) is 0. The van der Waals surface area contributed by atoms with Crippen molar-refractivity contribution in [3.63, 3.8) is 0 Å². The van der Waals surface area contributed by atoms with E-state index in [4.69, 9.17) is 0 Å². The minimum Gasteiger partial charge on any atom is -0.340 e. The molecule has 0 radical (unpaired) electrons. The first-order valence-corrected chi connectivity index (χ1v) is 10.8. The maximum Gasteiger partial charge on any atom is 0.243 e. The second kappa shape index (κ2) is 7.87. The third kappa shape index (κ3) is 3.90. The molecule has 5 nitrogen and oxygen atoms in total. The molecular weight excluding hydrogens is 336 g/mol. The number of benzene rings is 1. The average molecular weight is 365 g/mol. The third-order valence-electron chi connectivity index (χ3n) is 5.57. The van der Waals surface area contributed by atoms with E-state index in [1.54, 1.807) is 24.3 Å². The Morgan fingerprint density at radius 3 is 2.24 bits per heavy atom. The van der Waals surface area contributed by atoms with Gasteiger partial charge in [-0.3, -0.25) is 4.79 Å². The summed E-state index contributed by atoms with van der Waals surface area (Å²) in [5, 5.41) is 0. The van der Waals surface area contributed by atoms with Crippen LogP contribution in [0.4, 0.5) is 0 Å². The monoisotopic (exact) mass is 364 g/mol. The molecule has 1 amide bonds. The van der Waals surface area contributed by atoms with Crippen LogP contribution in [0, 0.1) is 5.92 Å². The second-order valence-electron chi connectivity index (χ2n) is 7.05. The molecule has 1 aliphatic heterocycles. The number of carbonyl (C=O) groups is 1. The van der Waals surface area contributed by atoms with E-state index >= 15 is 0 Å². The van der Waals surface area contributed by atoms with E-state index < -0.39 is 10.0 Å². The first-order chi connectivity index (χ1) is 12.0. The van der Waals surface area contributed by atoms with Crippen LogP contribution in [0.1, 0.15) is 45.4 Å². The molecule has 0 bridgehead atoms. The predicted molar refractivity (Wildman–Crippen MR) is 97.6 cm³/mol. The molecule has 2 fully saturated rings. The van der Waals surface area contributed by atoms with Gasteiger partial charge in [-0.25, -0.2) is 8.42 Å². The molecule has 1 aromatic rings. The molecular formula is C19H28N2O3S. The van der Waals surface area contributed by atoms with Crippen LogP contribution < -0.4 is 0 Å². The van der Waals surface area contributed by atoms with E-state index in [1.807, 2.05) is 17.9 Å². The fourth-order valence-corrected chi connectivity index (χ4v) is 5.62. The van der Waals surface area contributed by atoms with E-state index in [1.165, 1.54) is 17.1 Å². The zero-order valence-corrected chi connectivity index (χ0v) is 15.7. The van der Waals surface area contributed by atoms with Gasteiger partial charge in [0, 0.05) is 31.6 Å². The van der Waals surface area contributed by atoms with E-state index in [2.05, 4.69) is 0 Å². The molecule has 6 heteroatoms. The number of rotatable bonds is 5. The predicted octanol–water partition coefficient (Wildman–Crippen LogP) is 2.88. The summed E-state index contributed by atoms with van der Waals surface area (Å²) in [5.74, 6) is 0.189. The molecule has 0 N–H and O–H groups in total. The lowest BCUT2D eigenvalue weighted by molar-refractivity contribution is -0.138. The average Bonchev–Trinajstić information content (AvgIpc) is 3.17. The Bertz CT molecular complexity index is 676. The quantitative estimate of drug-likeness (QED) is 0.807. The van der Waals surface area contributed by atoms with Gasteiger partial charge in [-0.05, 0) is 44.7 Å². The molecule has 0 unspecified atom stereocenters. The molecule has 138 valence electrons. The Morgan fingerprint density at radius 1 is 1.08 bits per heavy atom. The maximum atomic E-state index is 12.9. The molecule has 1 aliphatic carbocycles. The standard InChI is InChI=1S/C19H28N2O3S/c1-2-21(17-8-6-7-9-17)19(22)16-12-14-20(15-13-16)25(23,24)18-10-4-3-5-11-18/h3-5,10-11,16-17H,2,6-9,12-15H2,1H3. The van der Waals surface area contributed by atoms with Gasteiger partial charge in [-0.15, -0.1) is 0 Å². The molecule has 3 rings (SSSR count). The highest BCUT2D eigenvalue weighted by Gasteiger charge is 2.35. The van der Waals surface area contributed by atoms with E-state index in [9.17, 15) is 13.2 Å². The summed E-state index contributed by atoms with van der Waals surface area (Å²) >= 11 is 0. The topological polar surface area (TPSA) is 57.7 Å². The smallest absolute Gasteiger partial charge is 0.243 e. The molecule has 1 saturated carbocycles. The number of nitrogens with zero attached hydrogens (tertiary/aromatic N) is 2. The molecule has 1 aromatic carbocycles. The van der Waals surface area contributed by atoms with Crippen LogP contribution in [0.2, 0.25) is 0 Å². The van der Waals surface area contributed by atoms with E-state index in [-0.39, 0.29) is 11.8 Å². The van der Waals surface area contributed by atoms with Gasteiger partial charge in [-0.2, -0.15) is 4.31 Å². The van der Waals surface area contributed by atoms with Gasteiger partial charge in [0.05, 0.1) is 4.90 Å². The van der Waals surface area contributed by atoms with Crippen molar-refractivity contribution in [1.29, 1.82) is 0 Å². The fourth-order valence-electron chi connectivity index (χ4n) is 4.13. The molecule has 2 aliphatic rings. The second-order valence-corrected chi connectivity index (χ2v) is 8.99. The van der Waals surface area contributed by atoms with Crippen LogP contribution in [0.15, 0.2) is 35.2 Å². The van der Waals surface area contributed by atoms with Gasteiger partial charge < -0.3 is 4.90 Å². The van der Waals surface area contributed by atoms with Gasteiger partial charge in [0.2, 0.25) is 15.9 Å². The largest absolute Gasteiger partial charge is 0.340 e. The summed E-state index contributed by atoms with van der Waals surface area (Å²) in [6, 6.07) is 8.94. The van der Waals surface area contributed by atoms with Crippen molar-refractivity contribution in [2.45, 2.75) is 56.4 Å². The summed E-state index contributed by atoms with van der Waals surface area (Å²) in [4.78, 5) is 15.3. The lowest BCUT2D eigenvalue weighted by atomic mass is 9.95. The van der Waals surface area contributed by atoms with Crippen molar-refractivity contribution >= 4 is 15.9 Å². The molecule has 25 heavy (non-hydrogen) atoms. The minimum absolute atomic E-state index is 0.0391. The van der Waals surface area contributed by atoms with Gasteiger partial charge in [-0.1, -0.05) is 31.0 Å². The molecule has 1 heterocycles. The first-order valence-electron chi connectivity index (χ1n) is 9.39. The van der Waals surface area contributed by atoms with Crippen molar-refractivity contribution in [3.8, 4) is 0 Å². The highest BCUT2D eigenvalue weighted by molar-refractivity contribution is 7.89. The van der Waals surface area contributed by atoms with E-state index in [0.717, 1.165) is 19.4 Å². The Balaban J connectivity index is 1.62. The summed E-state index contributed by atoms with van der Waals surface area (Å²) in [7, 11) is -3.44. The van der Waals surface area contributed by atoms with E-state index in [0.29, 0.717) is 36.9 Å². The number of carbonyl (C=O) groups excluding carboxylic acids is 1. The lowest BCUT2D eigenvalue weighted by Gasteiger charge is -2.35. The zero-order valence-electron chi connectivity index (χ0n) is 14.9. The van der Waals surface area contributed by atoms with Crippen LogP contribution in [0.5, 0.6) is 0 Å². The summed E-state index contributed by atoms with van der Waals surface area (Å²) in [6.07, 6.45) is 5.88. The Morgan fingerprint density at radius 2 is 1.68 bits per heavy atom. The number of sulfonamides is 1. The summed E-state index contributed by atoms with van der Waals surface area (Å²) < 4.78 is 26.9. The highest BCUT2D eigenvalue weighted by Crippen LogP contribution is 2.29. The zero-order chi connectivity index (χ0) is 17.9. The van der Waals surface area contributed by atoms with Crippen LogP contribution in [0.25, 0.3) is 0 Å². The Kier molecular flexibility index (Phi) is 5.79. The van der Waals surface area contributed by atoms with Crippen molar-refractivity contribution in [1.82, 2.24) is 9.21 Å². The SMILES string of the molecule is CCN(C(=O)C1CCN(S(=O)(=O)c2ccccc2)CC1)C1CCCC1. The Hall–Kier alpha value is -1.40. The Labute approximate surface area is 151 Å². The molecule has 1 saturated heterocycles. The minimum atomic E-state index is -3.44. The first kappa shape index (κ1) is 18.4. The number of hydrogen-bond acceptors (Lipinski definition) is 3. The summed E-state index contributed by atoms with van der Waals surface area (Å²) in [6.45, 7) is 3.66. The van der Waals surface area contributed by atoms with Gasteiger partial charge >= 0.3 is 0 Å². The maximum absolute atomic E-state index is 12.9. The van der Waals surface area contributed by atoms with Gasteiger partial charge in [0.15, 0.2) is 0 Å². The van der Waals surface area contributed by atoms with Crippen LogP contribution in [-0.2, 0) is 14.8 Å². The number of amides is 1. The van der Waals surface area contributed by atoms with Gasteiger partial charge in [0.25, 0.3) is 0 Å².